The fourth-order valence-corrected chi connectivity index (χ4v) is 5.10. The number of carbonyl (C=O) groups is 2. The van der Waals surface area contributed by atoms with E-state index in [0.717, 1.165) is 5.56 Å². The molecule has 2 aromatic carbocycles. The van der Waals surface area contributed by atoms with E-state index in [1.54, 1.807) is 23.1 Å². The van der Waals surface area contributed by atoms with Gasteiger partial charge in [-0.15, -0.1) is 0 Å². The summed E-state index contributed by atoms with van der Waals surface area (Å²) in [6.45, 7) is 1.26. The van der Waals surface area contributed by atoms with Gasteiger partial charge in [0, 0.05) is 18.5 Å². The van der Waals surface area contributed by atoms with Gasteiger partial charge in [-0.2, -0.15) is 0 Å². The summed E-state index contributed by atoms with van der Waals surface area (Å²) >= 11 is 0. The Balaban J connectivity index is 1.30. The number of hydrogen-bond acceptors (Lipinski definition) is 5. The van der Waals surface area contributed by atoms with Gasteiger partial charge < -0.3 is 24.0 Å². The zero-order valence-corrected chi connectivity index (χ0v) is 15.7. The molecule has 4 heterocycles. The van der Waals surface area contributed by atoms with Gasteiger partial charge in [0.25, 0.3) is 5.91 Å². The van der Waals surface area contributed by atoms with Gasteiger partial charge in [0.15, 0.2) is 17.2 Å². The molecule has 4 aliphatic rings. The van der Waals surface area contributed by atoms with E-state index in [-0.39, 0.29) is 30.8 Å². The highest BCUT2D eigenvalue weighted by molar-refractivity contribution is 5.96. The molecule has 0 N–H and O–H groups in total. The zero-order valence-electron chi connectivity index (χ0n) is 15.7. The number of ether oxygens (including phenoxy) is 3. The minimum Gasteiger partial charge on any atom is -0.454 e. The second-order valence-electron chi connectivity index (χ2n) is 7.90. The van der Waals surface area contributed by atoms with Crippen molar-refractivity contribution in [3.05, 3.63) is 59.7 Å². The lowest BCUT2D eigenvalue weighted by Crippen LogP contribution is -2.48. The molecule has 0 bridgehead atoms. The third kappa shape index (κ3) is 2.34. The summed E-state index contributed by atoms with van der Waals surface area (Å²) in [6.07, 6.45) is 0.768. The van der Waals surface area contributed by atoms with Crippen molar-refractivity contribution < 1.29 is 23.8 Å². The summed E-state index contributed by atoms with van der Waals surface area (Å²) < 4.78 is 17.3. The predicted octanol–water partition coefficient (Wildman–Crippen LogP) is 2.33. The highest BCUT2D eigenvalue weighted by atomic mass is 16.7. The Morgan fingerprint density at radius 1 is 1.07 bits per heavy atom. The molecule has 7 heteroatoms. The number of likely N-dealkylation sites (tertiary alicyclic amines) is 1. The first kappa shape index (κ1) is 16.9. The topological polar surface area (TPSA) is 68.3 Å². The van der Waals surface area contributed by atoms with Gasteiger partial charge in [0.1, 0.15) is 6.10 Å². The van der Waals surface area contributed by atoms with E-state index in [1.165, 1.54) is 0 Å². The van der Waals surface area contributed by atoms with E-state index in [4.69, 9.17) is 14.2 Å². The number of hydrogen-bond donors (Lipinski definition) is 0. The molecule has 29 heavy (non-hydrogen) atoms. The van der Waals surface area contributed by atoms with Gasteiger partial charge >= 0.3 is 0 Å². The number of rotatable bonds is 2. The molecule has 0 saturated carbocycles. The minimum atomic E-state index is -0.719. The van der Waals surface area contributed by atoms with Crippen molar-refractivity contribution in [2.24, 2.45) is 0 Å². The van der Waals surface area contributed by atoms with E-state index < -0.39 is 5.72 Å². The van der Waals surface area contributed by atoms with E-state index in [1.807, 2.05) is 35.2 Å². The van der Waals surface area contributed by atoms with Crippen LogP contribution in [0.5, 0.6) is 11.5 Å². The number of fused-ring (bicyclic) bond motifs is 1. The lowest BCUT2D eigenvalue weighted by Gasteiger charge is -2.32. The molecule has 7 nitrogen and oxygen atoms in total. The molecule has 3 fully saturated rings. The maximum Gasteiger partial charge on any atom is 0.254 e. The molecule has 0 aromatic heterocycles. The predicted molar refractivity (Wildman–Crippen MR) is 101 cm³/mol. The van der Waals surface area contributed by atoms with Crippen LogP contribution in [0.2, 0.25) is 0 Å². The van der Waals surface area contributed by atoms with Crippen LogP contribution in [0.15, 0.2) is 48.5 Å². The maximum absolute atomic E-state index is 13.3. The number of carbonyl (C=O) groups excluding carboxylic acids is 2. The monoisotopic (exact) mass is 392 g/mol. The van der Waals surface area contributed by atoms with Crippen molar-refractivity contribution >= 4 is 11.8 Å². The lowest BCUT2D eigenvalue weighted by molar-refractivity contribution is -0.138. The van der Waals surface area contributed by atoms with E-state index >= 15 is 0 Å². The van der Waals surface area contributed by atoms with Crippen LogP contribution in [0, 0.1) is 0 Å². The maximum atomic E-state index is 13.3. The molecule has 0 unspecified atom stereocenters. The van der Waals surface area contributed by atoms with Crippen molar-refractivity contribution in [2.75, 3.05) is 19.9 Å². The Morgan fingerprint density at radius 2 is 1.90 bits per heavy atom. The third-order valence-corrected chi connectivity index (χ3v) is 6.48. The van der Waals surface area contributed by atoms with Gasteiger partial charge in [0.2, 0.25) is 12.7 Å². The van der Waals surface area contributed by atoms with E-state index in [2.05, 4.69) is 0 Å². The Hall–Kier alpha value is -3.06. The fraction of sp³-hybridized carbons (Fsp3) is 0.364. The van der Waals surface area contributed by atoms with Crippen LogP contribution in [-0.4, -0.2) is 53.3 Å². The summed E-state index contributed by atoms with van der Waals surface area (Å²) in [7, 11) is 0. The summed E-state index contributed by atoms with van der Waals surface area (Å²) in [5, 5.41) is 0. The van der Waals surface area contributed by atoms with Crippen LogP contribution in [-0.2, 0) is 9.53 Å². The van der Waals surface area contributed by atoms with Crippen molar-refractivity contribution in [2.45, 2.75) is 30.7 Å². The SMILES string of the molecule is O=C(c1ccc2c(c1)OCO2)N1CC[C@@]23O[C@H](c4ccccc4)CN2C(=O)C[C@@H]13. The van der Waals surface area contributed by atoms with Crippen LogP contribution in [0.1, 0.15) is 34.9 Å². The second-order valence-corrected chi connectivity index (χ2v) is 7.90. The smallest absolute Gasteiger partial charge is 0.254 e. The number of amides is 2. The summed E-state index contributed by atoms with van der Waals surface area (Å²) in [5.41, 5.74) is 0.877. The minimum absolute atomic E-state index is 0.0524. The average molecular weight is 392 g/mol. The molecule has 3 atom stereocenters. The molecular formula is C22H20N2O5. The van der Waals surface area contributed by atoms with Crippen molar-refractivity contribution in [1.82, 2.24) is 9.80 Å². The first-order chi connectivity index (χ1) is 14.2. The summed E-state index contributed by atoms with van der Waals surface area (Å²) in [5.74, 6) is 1.17. The largest absolute Gasteiger partial charge is 0.454 e. The van der Waals surface area contributed by atoms with Gasteiger partial charge in [-0.25, -0.2) is 0 Å². The standard InChI is InChI=1S/C22H20N2O5/c25-20-11-19-22(24(20)12-18(29-22)14-4-2-1-3-5-14)8-9-23(19)21(26)15-6-7-16-17(10-15)28-13-27-16/h1-7,10,18-19H,8-9,11-13H2/t18-,19+,22-/m0/s1. The van der Waals surface area contributed by atoms with E-state index in [9.17, 15) is 9.59 Å². The molecule has 0 aliphatic carbocycles. The molecule has 2 amide bonds. The zero-order chi connectivity index (χ0) is 19.6. The second kappa shape index (κ2) is 5.97. The Labute approximate surface area is 167 Å². The average Bonchev–Trinajstić information content (AvgIpc) is 3.49. The number of benzene rings is 2. The molecule has 2 aromatic rings. The van der Waals surface area contributed by atoms with Gasteiger partial charge in [-0.05, 0) is 23.8 Å². The van der Waals surface area contributed by atoms with Crippen LogP contribution >= 0.6 is 0 Å². The molecule has 3 saturated heterocycles. The van der Waals surface area contributed by atoms with Gasteiger partial charge in [0.05, 0.1) is 19.0 Å². The molecular weight excluding hydrogens is 372 g/mol. The van der Waals surface area contributed by atoms with Crippen LogP contribution in [0.4, 0.5) is 0 Å². The first-order valence-corrected chi connectivity index (χ1v) is 9.89. The van der Waals surface area contributed by atoms with Crippen LogP contribution < -0.4 is 9.47 Å². The fourth-order valence-electron chi connectivity index (χ4n) is 5.10. The van der Waals surface area contributed by atoms with Crippen molar-refractivity contribution in [1.29, 1.82) is 0 Å². The molecule has 4 aliphatic heterocycles. The normalized spacial score (nSPS) is 29.3. The van der Waals surface area contributed by atoms with Crippen molar-refractivity contribution in [3.63, 3.8) is 0 Å². The van der Waals surface area contributed by atoms with Crippen LogP contribution in [0.3, 0.4) is 0 Å². The number of nitrogens with zero attached hydrogens (tertiary/aromatic N) is 2. The van der Waals surface area contributed by atoms with Crippen LogP contribution in [0.25, 0.3) is 0 Å². The Morgan fingerprint density at radius 3 is 2.76 bits per heavy atom. The van der Waals surface area contributed by atoms with Crippen molar-refractivity contribution in [3.8, 4) is 11.5 Å². The molecule has 1 spiro atoms. The summed E-state index contributed by atoms with van der Waals surface area (Å²) in [6, 6.07) is 14.9. The van der Waals surface area contributed by atoms with E-state index in [0.29, 0.717) is 43.0 Å². The highest BCUT2D eigenvalue weighted by Crippen LogP contribution is 2.51. The molecule has 6 rings (SSSR count). The molecule has 148 valence electrons. The lowest BCUT2D eigenvalue weighted by atomic mass is 10.1. The summed E-state index contributed by atoms with van der Waals surface area (Å²) in [4.78, 5) is 29.7. The first-order valence-electron chi connectivity index (χ1n) is 9.89. The van der Waals surface area contributed by atoms with Gasteiger partial charge in [-0.1, -0.05) is 30.3 Å². The van der Waals surface area contributed by atoms with Gasteiger partial charge in [-0.3, -0.25) is 9.59 Å². The molecule has 0 radical (unpaired) electrons. The highest BCUT2D eigenvalue weighted by Gasteiger charge is 2.65. The quantitative estimate of drug-likeness (QED) is 0.785. The third-order valence-electron chi connectivity index (χ3n) is 6.48. The Kier molecular flexibility index (Phi) is 3.47. The Bertz CT molecular complexity index is 1010.